The number of para-hydroxylation sites is 1. The summed E-state index contributed by atoms with van der Waals surface area (Å²) in [4.78, 5) is 17.1. The summed E-state index contributed by atoms with van der Waals surface area (Å²) in [7, 11) is 0. The molecule has 0 radical (unpaired) electrons. The van der Waals surface area contributed by atoms with Gasteiger partial charge in [-0.25, -0.2) is 0 Å². The van der Waals surface area contributed by atoms with Crippen molar-refractivity contribution < 1.29 is 4.79 Å². The summed E-state index contributed by atoms with van der Waals surface area (Å²) in [5, 5.41) is 4.37. The molecule has 0 unspecified atom stereocenters. The number of nitrogens with two attached hydrogens (primary N) is 1. The lowest BCUT2D eigenvalue weighted by atomic mass is 10.0. The van der Waals surface area contributed by atoms with E-state index in [1.165, 1.54) is 0 Å². The zero-order chi connectivity index (χ0) is 18.0. The van der Waals surface area contributed by atoms with Crippen LogP contribution in [0.2, 0.25) is 0 Å². The third-order valence-electron chi connectivity index (χ3n) is 4.40. The number of benzene rings is 2. The van der Waals surface area contributed by atoms with Crippen LogP contribution in [0.25, 0.3) is 10.9 Å². The van der Waals surface area contributed by atoms with Crippen molar-refractivity contribution in [3.05, 3.63) is 59.3 Å². The summed E-state index contributed by atoms with van der Waals surface area (Å²) in [6.45, 7) is 6.12. The number of fused-ring (bicyclic) bond motifs is 1. The second-order valence-corrected chi connectivity index (χ2v) is 6.39. The summed E-state index contributed by atoms with van der Waals surface area (Å²) in [5.41, 5.74) is 12.1. The van der Waals surface area contributed by atoms with Gasteiger partial charge < -0.3 is 11.1 Å². The van der Waals surface area contributed by atoms with Crippen LogP contribution in [0.15, 0.2) is 42.6 Å². The molecule has 0 saturated heterocycles. The number of nitrogen functional groups attached to an aromatic ring is 1. The lowest BCUT2D eigenvalue weighted by molar-refractivity contribution is 0.0982. The first kappa shape index (κ1) is 17.0. The van der Waals surface area contributed by atoms with Crippen LogP contribution in [0, 0.1) is 13.8 Å². The van der Waals surface area contributed by atoms with Crippen molar-refractivity contribution in [1.82, 2.24) is 4.98 Å². The Kier molecular flexibility index (Phi) is 4.70. The molecule has 1 aromatic heterocycles. The summed E-state index contributed by atoms with van der Waals surface area (Å²) >= 11 is 0. The summed E-state index contributed by atoms with van der Waals surface area (Å²) in [6, 6.07) is 11.7. The van der Waals surface area contributed by atoms with Crippen LogP contribution in [-0.2, 0) is 0 Å². The number of carbonyl (C=O) groups is 1. The quantitative estimate of drug-likeness (QED) is 0.500. The molecule has 3 rings (SSSR count). The number of carbonyl (C=O) groups excluding carboxylic acids is 1. The first-order valence-corrected chi connectivity index (χ1v) is 8.56. The number of Topliss-reactive ketones (excluding diaryl/α,β-unsaturated/α-hetero) is 1. The minimum absolute atomic E-state index is 0.0908. The van der Waals surface area contributed by atoms with Crippen molar-refractivity contribution in [3.8, 4) is 0 Å². The average Bonchev–Trinajstić information content (AvgIpc) is 2.58. The number of aromatic nitrogens is 1. The number of nitrogens with zero attached hydrogens (tertiary/aromatic N) is 1. The number of hydrogen-bond acceptors (Lipinski definition) is 4. The molecule has 3 N–H and O–H groups in total. The van der Waals surface area contributed by atoms with Crippen molar-refractivity contribution >= 4 is 33.7 Å². The summed E-state index contributed by atoms with van der Waals surface area (Å²) in [5.74, 6) is 0.0908. The fraction of sp³-hybridized carbons (Fsp3) is 0.238. The van der Waals surface area contributed by atoms with E-state index in [9.17, 15) is 4.79 Å². The lowest BCUT2D eigenvalue weighted by Crippen LogP contribution is -2.07. The van der Waals surface area contributed by atoms with Gasteiger partial charge in [-0.1, -0.05) is 25.1 Å². The molecule has 4 nitrogen and oxygen atoms in total. The van der Waals surface area contributed by atoms with Gasteiger partial charge in [0, 0.05) is 29.4 Å². The van der Waals surface area contributed by atoms with Crippen molar-refractivity contribution in [2.45, 2.75) is 33.6 Å². The molecule has 128 valence electrons. The van der Waals surface area contributed by atoms with Crippen molar-refractivity contribution in [2.24, 2.45) is 0 Å². The Labute approximate surface area is 148 Å². The third-order valence-corrected chi connectivity index (χ3v) is 4.40. The molecule has 0 aliphatic carbocycles. The average molecular weight is 333 g/mol. The number of hydrogen-bond donors (Lipinski definition) is 2. The standard InChI is InChI=1S/C21H23N3O/c1-4-6-19(25)17-12-23-18-10-9-15(22)11-16(18)21(17)24-20-13(2)7-5-8-14(20)3/h5,7-12H,4,6,22H2,1-3H3,(H,23,24). The van der Waals surface area contributed by atoms with E-state index in [2.05, 4.69) is 36.3 Å². The number of ketones is 1. The second-order valence-electron chi connectivity index (χ2n) is 6.39. The van der Waals surface area contributed by atoms with Crippen LogP contribution in [0.3, 0.4) is 0 Å². The largest absolute Gasteiger partial charge is 0.399 e. The van der Waals surface area contributed by atoms with Crippen LogP contribution < -0.4 is 11.1 Å². The van der Waals surface area contributed by atoms with Crippen LogP contribution >= 0.6 is 0 Å². The van der Waals surface area contributed by atoms with Crippen molar-refractivity contribution in [1.29, 1.82) is 0 Å². The monoisotopic (exact) mass is 333 g/mol. The van der Waals surface area contributed by atoms with Crippen LogP contribution in [0.5, 0.6) is 0 Å². The Morgan fingerprint density at radius 2 is 1.84 bits per heavy atom. The van der Waals surface area contributed by atoms with Gasteiger partial charge in [0.05, 0.1) is 16.8 Å². The van der Waals surface area contributed by atoms with E-state index in [0.717, 1.165) is 39.8 Å². The highest BCUT2D eigenvalue weighted by Gasteiger charge is 2.16. The van der Waals surface area contributed by atoms with Crippen molar-refractivity contribution in [2.75, 3.05) is 11.1 Å². The summed E-state index contributed by atoms with van der Waals surface area (Å²) < 4.78 is 0. The van der Waals surface area contributed by atoms with E-state index < -0.39 is 0 Å². The molecular formula is C21H23N3O. The number of nitrogens with one attached hydrogen (secondary N) is 1. The lowest BCUT2D eigenvalue weighted by Gasteiger charge is -2.17. The molecule has 0 saturated carbocycles. The zero-order valence-electron chi connectivity index (χ0n) is 14.9. The van der Waals surface area contributed by atoms with Gasteiger partial charge in [-0.2, -0.15) is 0 Å². The number of anilines is 3. The molecule has 3 aromatic rings. The fourth-order valence-electron chi connectivity index (χ4n) is 3.05. The number of pyridine rings is 1. The van der Waals surface area contributed by atoms with Crippen LogP contribution in [-0.4, -0.2) is 10.8 Å². The molecule has 0 amide bonds. The van der Waals surface area contributed by atoms with E-state index >= 15 is 0 Å². The van der Waals surface area contributed by atoms with Gasteiger partial charge in [-0.05, 0) is 49.6 Å². The van der Waals surface area contributed by atoms with E-state index in [1.54, 1.807) is 6.20 Å². The predicted octanol–water partition coefficient (Wildman–Crippen LogP) is 5.16. The Balaban J connectivity index is 2.23. The smallest absolute Gasteiger partial charge is 0.166 e. The van der Waals surface area contributed by atoms with Gasteiger partial charge in [0.1, 0.15) is 0 Å². The minimum atomic E-state index is 0.0908. The molecule has 4 heteroatoms. The van der Waals surface area contributed by atoms with Gasteiger partial charge >= 0.3 is 0 Å². The molecule has 0 atom stereocenters. The Morgan fingerprint density at radius 3 is 2.52 bits per heavy atom. The SMILES string of the molecule is CCCC(=O)c1cnc2ccc(N)cc2c1Nc1c(C)cccc1C. The Bertz CT molecular complexity index is 927. The molecule has 1 heterocycles. The molecule has 0 bridgehead atoms. The van der Waals surface area contributed by atoms with E-state index in [4.69, 9.17) is 5.73 Å². The maximum atomic E-state index is 12.6. The molecular weight excluding hydrogens is 310 g/mol. The molecule has 0 spiro atoms. The maximum absolute atomic E-state index is 12.6. The topological polar surface area (TPSA) is 68.0 Å². The maximum Gasteiger partial charge on any atom is 0.166 e. The molecule has 25 heavy (non-hydrogen) atoms. The van der Waals surface area contributed by atoms with E-state index in [-0.39, 0.29) is 5.78 Å². The van der Waals surface area contributed by atoms with Gasteiger partial charge in [0.2, 0.25) is 0 Å². The van der Waals surface area contributed by atoms with Gasteiger partial charge in [0.25, 0.3) is 0 Å². The molecule has 0 fully saturated rings. The molecule has 0 aliphatic heterocycles. The Hall–Kier alpha value is -2.88. The van der Waals surface area contributed by atoms with E-state index in [0.29, 0.717) is 17.7 Å². The normalized spacial score (nSPS) is 10.8. The van der Waals surface area contributed by atoms with Crippen molar-refractivity contribution in [3.63, 3.8) is 0 Å². The zero-order valence-corrected chi connectivity index (χ0v) is 14.9. The number of rotatable bonds is 5. The van der Waals surface area contributed by atoms with Gasteiger partial charge in [-0.3, -0.25) is 9.78 Å². The van der Waals surface area contributed by atoms with Gasteiger partial charge in [0.15, 0.2) is 5.78 Å². The fourth-order valence-corrected chi connectivity index (χ4v) is 3.05. The first-order chi connectivity index (χ1) is 12.0. The summed E-state index contributed by atoms with van der Waals surface area (Å²) in [6.07, 6.45) is 2.97. The van der Waals surface area contributed by atoms with Crippen LogP contribution in [0.1, 0.15) is 41.3 Å². The molecule has 0 aliphatic rings. The number of aryl methyl sites for hydroxylation is 2. The molecule has 2 aromatic carbocycles. The minimum Gasteiger partial charge on any atom is -0.399 e. The van der Waals surface area contributed by atoms with Crippen LogP contribution in [0.4, 0.5) is 17.1 Å². The third kappa shape index (κ3) is 3.33. The highest BCUT2D eigenvalue weighted by Crippen LogP contribution is 2.33. The second kappa shape index (κ2) is 6.93. The predicted molar refractivity (Wildman–Crippen MR) is 105 cm³/mol. The first-order valence-electron chi connectivity index (χ1n) is 8.56. The van der Waals surface area contributed by atoms with E-state index in [1.807, 2.05) is 31.2 Å². The highest BCUT2D eigenvalue weighted by atomic mass is 16.1. The van der Waals surface area contributed by atoms with Gasteiger partial charge in [-0.15, -0.1) is 0 Å². The highest BCUT2D eigenvalue weighted by molar-refractivity contribution is 6.09. The Morgan fingerprint density at radius 1 is 1.12 bits per heavy atom.